The maximum atomic E-state index is 12.9. The molecular weight excluding hydrogens is 1050 g/mol. The highest BCUT2D eigenvalue weighted by Crippen LogP contribution is 2.34. The largest absolute Gasteiger partial charge is 0.496 e. The van der Waals surface area contributed by atoms with Crippen LogP contribution in [-0.4, -0.2) is 145 Å². The van der Waals surface area contributed by atoms with Crippen LogP contribution in [-0.2, 0) is 49.9 Å². The number of nitrogens with zero attached hydrogens (tertiary/aromatic N) is 8. The summed E-state index contributed by atoms with van der Waals surface area (Å²) < 4.78 is 79.7. The molecule has 6 aromatic rings. The van der Waals surface area contributed by atoms with E-state index in [2.05, 4.69) is 83.4 Å². The summed E-state index contributed by atoms with van der Waals surface area (Å²) in [7, 11) is -1.89. The number of carbonyl (C=O) groups is 2. The fourth-order valence-corrected chi connectivity index (χ4v) is 10.9. The second-order valence-corrected chi connectivity index (χ2v) is 23.3. The Morgan fingerprint density at radius 1 is 0.872 bits per heavy atom. The topological polar surface area (TPSA) is 234 Å². The number of hydrogen-bond acceptors (Lipinski definition) is 16. The van der Waals surface area contributed by atoms with Gasteiger partial charge in [0.05, 0.1) is 43.9 Å². The third-order valence-corrected chi connectivity index (χ3v) is 15.2. The zero-order valence-electron chi connectivity index (χ0n) is 44.9. The number of amides is 2. The van der Waals surface area contributed by atoms with Crippen molar-refractivity contribution in [2.45, 2.75) is 103 Å². The van der Waals surface area contributed by atoms with Crippen LogP contribution in [0.4, 0.5) is 23.8 Å². The number of thiophene rings is 1. The summed E-state index contributed by atoms with van der Waals surface area (Å²) in [6.07, 6.45) is -0.0779. The molecule has 78 heavy (non-hydrogen) atoms. The number of methoxy groups -OCH3 is 1. The molecule has 3 fully saturated rings. The molecule has 0 aliphatic carbocycles. The number of piperidine rings is 1. The smallest absolute Gasteiger partial charge is 0.407 e. The van der Waals surface area contributed by atoms with Crippen LogP contribution in [0.1, 0.15) is 66.6 Å². The number of rotatable bonds is 16. The molecule has 9 rings (SSSR count). The minimum Gasteiger partial charge on any atom is -0.496 e. The lowest BCUT2D eigenvalue weighted by Gasteiger charge is -2.39. The molecule has 0 radical (unpaired) electrons. The summed E-state index contributed by atoms with van der Waals surface area (Å²) in [6, 6.07) is 18.3. The second-order valence-electron chi connectivity index (χ2n) is 20.5. The predicted molar refractivity (Wildman–Crippen MR) is 294 cm³/mol. The van der Waals surface area contributed by atoms with E-state index in [1.807, 2.05) is 45.9 Å². The first kappa shape index (κ1) is 58.9. The van der Waals surface area contributed by atoms with Gasteiger partial charge in [0.25, 0.3) is 10.1 Å². The van der Waals surface area contributed by atoms with E-state index in [1.54, 1.807) is 23.8 Å². The van der Waals surface area contributed by atoms with E-state index >= 15 is 0 Å². The minimum atomic E-state index is -4.26. The maximum Gasteiger partial charge on any atom is 0.407 e. The van der Waals surface area contributed by atoms with Crippen LogP contribution in [0.3, 0.4) is 0 Å². The molecule has 418 valence electrons. The summed E-state index contributed by atoms with van der Waals surface area (Å²) in [5.74, 6) is 1.19. The number of alkyl halides is 3. The Morgan fingerprint density at radius 3 is 2.09 bits per heavy atom. The van der Waals surface area contributed by atoms with E-state index in [0.29, 0.717) is 34.0 Å². The number of fused-ring (bicyclic) bond motifs is 3. The minimum absolute atomic E-state index is 0.0115. The molecule has 3 aliphatic rings. The number of anilines is 1. The fourth-order valence-electron chi connectivity index (χ4n) is 9.50. The number of hydrogen-bond donors (Lipinski definition) is 4. The molecule has 0 spiro atoms. The van der Waals surface area contributed by atoms with E-state index in [-0.39, 0.29) is 48.2 Å². The summed E-state index contributed by atoms with van der Waals surface area (Å²) in [4.78, 5) is 36.6. The molecular formula is C54H67F3N12O7S2. The molecule has 3 saturated heterocycles. The van der Waals surface area contributed by atoms with Gasteiger partial charge >= 0.3 is 12.3 Å². The van der Waals surface area contributed by atoms with Crippen molar-refractivity contribution in [2.75, 3.05) is 71.1 Å². The van der Waals surface area contributed by atoms with Crippen molar-refractivity contribution < 1.29 is 44.8 Å². The van der Waals surface area contributed by atoms with Crippen molar-refractivity contribution in [2.24, 2.45) is 0 Å². The quantitative estimate of drug-likeness (QED) is 0.0551. The van der Waals surface area contributed by atoms with Gasteiger partial charge in [-0.05, 0) is 101 Å². The van der Waals surface area contributed by atoms with Gasteiger partial charge in [-0.1, -0.05) is 12.6 Å². The number of aryl methyl sites for hydroxylation is 2. The number of ether oxygens (including phenoxy) is 2. The Bertz CT molecular complexity index is 3320. The van der Waals surface area contributed by atoms with E-state index in [1.165, 1.54) is 23.5 Å². The number of alkyl carbamates (subject to hydrolysis) is 1. The van der Waals surface area contributed by atoms with Crippen LogP contribution < -0.4 is 26.0 Å². The molecule has 7 heterocycles. The van der Waals surface area contributed by atoms with E-state index in [4.69, 9.17) is 13.7 Å². The number of nitriles is 2. The SMILES string of the molecule is C=CC(=O)NC1CN(CCn2c(C#N)cc3c(C)c(CN4CCC(Nc5ncnc6sc(CC(F)(F)F)cc56)CC4)ccc32)C1.CC(C)(C)OC(=O)NC1CNC1.COc1ccc2c(cc(C#N)n2CCOS(C)(=O)=O)c1C. The first-order chi connectivity index (χ1) is 36.9. The Balaban J connectivity index is 0.000000219. The van der Waals surface area contributed by atoms with Crippen molar-refractivity contribution in [3.8, 4) is 17.9 Å². The lowest BCUT2D eigenvalue weighted by molar-refractivity contribution is -0.126. The number of nitrogens with one attached hydrogen (secondary N) is 4. The van der Waals surface area contributed by atoms with Crippen molar-refractivity contribution in [1.29, 1.82) is 10.5 Å². The van der Waals surface area contributed by atoms with E-state index in [0.717, 1.165) is 116 Å². The molecule has 0 atom stereocenters. The molecule has 0 bridgehead atoms. The third kappa shape index (κ3) is 15.7. The zero-order valence-corrected chi connectivity index (χ0v) is 46.6. The maximum absolute atomic E-state index is 12.9. The number of aromatic nitrogens is 4. The molecule has 4 N–H and O–H groups in total. The molecule has 0 saturated carbocycles. The van der Waals surface area contributed by atoms with Crippen LogP contribution in [0.15, 0.2) is 61.4 Å². The van der Waals surface area contributed by atoms with Crippen LogP contribution in [0.2, 0.25) is 0 Å². The summed E-state index contributed by atoms with van der Waals surface area (Å²) >= 11 is 1.06. The van der Waals surface area contributed by atoms with Gasteiger partial charge in [0.1, 0.15) is 51.9 Å². The number of halogens is 3. The molecule has 0 unspecified atom stereocenters. The normalized spacial score (nSPS) is 15.7. The van der Waals surface area contributed by atoms with Crippen LogP contribution in [0.25, 0.3) is 32.0 Å². The van der Waals surface area contributed by atoms with Gasteiger partial charge in [-0.15, -0.1) is 11.3 Å². The lowest BCUT2D eigenvalue weighted by Crippen LogP contribution is -2.59. The first-order valence-electron chi connectivity index (χ1n) is 25.5. The van der Waals surface area contributed by atoms with Crippen molar-refractivity contribution in [1.82, 2.24) is 44.9 Å². The fraction of sp³-hybridized carbons (Fsp3) is 0.481. The number of likely N-dealkylation sites (tertiary alicyclic amines) is 2. The Hall–Kier alpha value is -6.80. The second kappa shape index (κ2) is 25.3. The standard InChI is InChI=1S/C32H35F3N8OS.C14H16N2O4S.C8H16N2O2/c1-3-29(44)39-23-17-42(18-23)10-11-43-24(15-36)12-26-20(2)21(4-5-28(26)43)16-41-8-6-22(7-9-41)40-30-27-13-25(14-32(33,34)35)45-31(27)38-19-37-30;1-10-12-8-11(9-15)16(6-7-20-21(3,17)18)13(12)4-5-14(10)19-2;1-8(2,3)12-7(11)10-6-4-9-5-6/h3-5,12-13,19,22-23H,1,6-11,14,16-18H2,2H3,(H,39,44)(H,37,38,40);4-5,8H,6-7H2,1-3H3;6,9H,4-5H2,1-3H3,(H,10,11). The van der Waals surface area contributed by atoms with Crippen LogP contribution in [0.5, 0.6) is 5.75 Å². The summed E-state index contributed by atoms with van der Waals surface area (Å²) in [6.45, 7) is 20.7. The molecule has 2 amide bonds. The Kier molecular flexibility index (Phi) is 19.1. The molecule has 24 heteroatoms. The van der Waals surface area contributed by atoms with Crippen LogP contribution in [0, 0.1) is 36.5 Å². The molecule has 3 aliphatic heterocycles. The Labute approximate surface area is 456 Å². The van der Waals surface area contributed by atoms with Gasteiger partial charge in [-0.25, -0.2) is 14.8 Å². The monoisotopic (exact) mass is 1120 g/mol. The van der Waals surface area contributed by atoms with Gasteiger partial charge in [0.2, 0.25) is 5.91 Å². The molecule has 2 aromatic carbocycles. The zero-order chi connectivity index (χ0) is 56.5. The number of benzene rings is 2. The third-order valence-electron chi connectivity index (χ3n) is 13.5. The summed E-state index contributed by atoms with van der Waals surface area (Å²) in [5.41, 5.74) is 5.94. The highest BCUT2D eigenvalue weighted by molar-refractivity contribution is 7.85. The average molecular weight is 1120 g/mol. The van der Waals surface area contributed by atoms with E-state index < -0.39 is 28.3 Å². The lowest BCUT2D eigenvalue weighted by atomic mass is 10.0. The summed E-state index contributed by atoms with van der Waals surface area (Å²) in [5, 5.41) is 33.9. The van der Waals surface area contributed by atoms with Gasteiger partial charge in [0, 0.05) is 104 Å². The van der Waals surface area contributed by atoms with E-state index in [9.17, 15) is 41.7 Å². The van der Waals surface area contributed by atoms with Gasteiger partial charge in [0.15, 0.2) is 0 Å². The van der Waals surface area contributed by atoms with Gasteiger partial charge in [-0.3, -0.25) is 18.8 Å². The van der Waals surface area contributed by atoms with Crippen LogP contribution >= 0.6 is 11.3 Å². The highest BCUT2D eigenvalue weighted by Gasteiger charge is 2.30. The molecule has 4 aromatic heterocycles. The highest BCUT2D eigenvalue weighted by atomic mass is 32.2. The van der Waals surface area contributed by atoms with Gasteiger partial charge in [-0.2, -0.15) is 32.1 Å². The van der Waals surface area contributed by atoms with Gasteiger partial charge < -0.3 is 39.9 Å². The number of carbonyl (C=O) groups excluding carboxylic acids is 2. The predicted octanol–water partition coefficient (Wildman–Crippen LogP) is 7.28. The Morgan fingerprint density at radius 2 is 1.51 bits per heavy atom. The molecule has 19 nitrogen and oxygen atoms in total. The van der Waals surface area contributed by atoms with Crippen molar-refractivity contribution in [3.05, 3.63) is 94.4 Å². The van der Waals surface area contributed by atoms with Crippen molar-refractivity contribution in [3.63, 3.8) is 0 Å². The average Bonchev–Trinajstić information content (AvgIpc) is 4.10. The first-order valence-corrected chi connectivity index (χ1v) is 28.2. The van der Waals surface area contributed by atoms with Crippen molar-refractivity contribution >= 4 is 71.3 Å².